The minimum atomic E-state index is 0.0881. The largest absolute Gasteiger partial charge is 0.439 e. The Bertz CT molecular complexity index is 1100. The van der Waals surface area contributed by atoms with Gasteiger partial charge in [0.25, 0.3) is 0 Å². The summed E-state index contributed by atoms with van der Waals surface area (Å²) >= 11 is 6.05. The van der Waals surface area contributed by atoms with Crippen LogP contribution in [0.15, 0.2) is 54.6 Å². The molecule has 2 aliphatic rings. The second kappa shape index (κ2) is 9.57. The Morgan fingerprint density at radius 3 is 2.58 bits per heavy atom. The fourth-order valence-corrected chi connectivity index (χ4v) is 4.44. The zero-order valence-corrected chi connectivity index (χ0v) is 19.5. The first-order chi connectivity index (χ1) is 16.1. The molecule has 2 heterocycles. The molecule has 1 atom stereocenters. The number of hydrogen-bond donors (Lipinski definition) is 0. The topological polar surface area (TPSA) is 56.6 Å². The van der Waals surface area contributed by atoms with E-state index >= 15 is 0 Å². The molecule has 33 heavy (non-hydrogen) atoms. The van der Waals surface area contributed by atoms with Gasteiger partial charge in [-0.25, -0.2) is 4.68 Å². The van der Waals surface area contributed by atoms with Crippen molar-refractivity contribution in [3.05, 3.63) is 65.2 Å². The highest BCUT2D eigenvalue weighted by atomic mass is 35.5. The van der Waals surface area contributed by atoms with Crippen LogP contribution < -0.4 is 4.74 Å². The quantitative estimate of drug-likeness (QED) is 0.444. The van der Waals surface area contributed by atoms with E-state index in [9.17, 15) is 4.79 Å². The molecular formula is C26H28ClN3O3. The van der Waals surface area contributed by atoms with Gasteiger partial charge in [0.1, 0.15) is 11.4 Å². The SMILES string of the molecule is Cn1nc(-c2ccccc2)c(CN(C[C@@H]2CCCO2)C(=O)C2CC2)c1Oc1ccc(Cl)cc1. The molecule has 172 valence electrons. The number of carbonyl (C=O) groups is 1. The highest BCUT2D eigenvalue weighted by Crippen LogP contribution is 2.37. The van der Waals surface area contributed by atoms with Gasteiger partial charge in [-0.3, -0.25) is 4.79 Å². The van der Waals surface area contributed by atoms with Gasteiger partial charge in [0, 0.05) is 36.7 Å². The van der Waals surface area contributed by atoms with Crippen LogP contribution in [0.2, 0.25) is 5.02 Å². The third-order valence-corrected chi connectivity index (χ3v) is 6.45. The summed E-state index contributed by atoms with van der Waals surface area (Å²) in [6.07, 6.45) is 4.05. The number of aromatic nitrogens is 2. The molecule has 1 aliphatic heterocycles. The van der Waals surface area contributed by atoms with Crippen molar-refractivity contribution in [2.75, 3.05) is 13.2 Å². The van der Waals surface area contributed by atoms with Gasteiger partial charge >= 0.3 is 0 Å². The fourth-order valence-electron chi connectivity index (χ4n) is 4.31. The summed E-state index contributed by atoms with van der Waals surface area (Å²) in [4.78, 5) is 15.2. The monoisotopic (exact) mass is 465 g/mol. The minimum absolute atomic E-state index is 0.0881. The zero-order valence-electron chi connectivity index (χ0n) is 18.7. The van der Waals surface area contributed by atoms with E-state index in [1.807, 2.05) is 54.4 Å². The predicted molar refractivity (Wildman–Crippen MR) is 127 cm³/mol. The Labute approximate surface area is 199 Å². The maximum atomic E-state index is 13.2. The number of carbonyl (C=O) groups excluding carboxylic acids is 1. The van der Waals surface area contributed by atoms with Gasteiger partial charge in [-0.2, -0.15) is 5.10 Å². The summed E-state index contributed by atoms with van der Waals surface area (Å²) in [6, 6.07) is 17.3. The third kappa shape index (κ3) is 5.07. The van der Waals surface area contributed by atoms with E-state index in [0.717, 1.165) is 49.1 Å². The molecule has 1 amide bonds. The van der Waals surface area contributed by atoms with E-state index in [4.69, 9.17) is 26.2 Å². The molecule has 0 N–H and O–H groups in total. The van der Waals surface area contributed by atoms with Gasteiger partial charge in [0.05, 0.1) is 18.2 Å². The standard InChI is InChI=1S/C26H28ClN3O3/c1-29-26(33-21-13-11-20(27)12-14-21)23(24(28-29)18-6-3-2-4-7-18)17-30(25(31)19-9-10-19)16-22-8-5-15-32-22/h2-4,6-7,11-14,19,22H,5,8-10,15-17H2,1H3/t22-/m0/s1. The molecular weight excluding hydrogens is 438 g/mol. The van der Waals surface area contributed by atoms with Crippen molar-refractivity contribution in [2.24, 2.45) is 13.0 Å². The van der Waals surface area contributed by atoms with Gasteiger partial charge in [-0.15, -0.1) is 0 Å². The van der Waals surface area contributed by atoms with E-state index in [1.54, 1.807) is 16.8 Å². The van der Waals surface area contributed by atoms with Crippen LogP contribution in [-0.2, 0) is 23.1 Å². The molecule has 0 bridgehead atoms. The lowest BCUT2D eigenvalue weighted by molar-refractivity contribution is -0.134. The summed E-state index contributed by atoms with van der Waals surface area (Å²) in [6.45, 7) is 1.79. The summed E-state index contributed by atoms with van der Waals surface area (Å²) in [5.74, 6) is 1.62. The smallest absolute Gasteiger partial charge is 0.226 e. The average Bonchev–Trinajstić information content (AvgIpc) is 3.48. The minimum Gasteiger partial charge on any atom is -0.439 e. The molecule has 0 unspecified atom stereocenters. The Morgan fingerprint density at radius 2 is 1.91 bits per heavy atom. The molecule has 1 saturated carbocycles. The highest BCUT2D eigenvalue weighted by Gasteiger charge is 2.36. The third-order valence-electron chi connectivity index (χ3n) is 6.20. The van der Waals surface area contributed by atoms with Crippen molar-refractivity contribution in [1.29, 1.82) is 0 Å². The van der Waals surface area contributed by atoms with Crippen LogP contribution in [-0.4, -0.2) is 39.8 Å². The second-order valence-electron chi connectivity index (χ2n) is 8.81. The zero-order chi connectivity index (χ0) is 22.8. The van der Waals surface area contributed by atoms with Crippen molar-refractivity contribution in [3.8, 4) is 22.9 Å². The number of rotatable bonds is 8. The van der Waals surface area contributed by atoms with Crippen LogP contribution in [0, 0.1) is 5.92 Å². The van der Waals surface area contributed by atoms with Gasteiger partial charge in [0.15, 0.2) is 0 Å². The lowest BCUT2D eigenvalue weighted by atomic mass is 10.1. The maximum absolute atomic E-state index is 13.2. The number of ether oxygens (including phenoxy) is 2. The van der Waals surface area contributed by atoms with Crippen LogP contribution in [0.25, 0.3) is 11.3 Å². The van der Waals surface area contributed by atoms with Crippen molar-refractivity contribution >= 4 is 17.5 Å². The molecule has 1 saturated heterocycles. The van der Waals surface area contributed by atoms with Crippen molar-refractivity contribution in [1.82, 2.24) is 14.7 Å². The lowest BCUT2D eigenvalue weighted by Crippen LogP contribution is -2.38. The van der Waals surface area contributed by atoms with E-state index in [0.29, 0.717) is 29.7 Å². The van der Waals surface area contributed by atoms with Crippen LogP contribution in [0.5, 0.6) is 11.6 Å². The van der Waals surface area contributed by atoms with Gasteiger partial charge in [-0.05, 0) is 49.9 Å². The van der Waals surface area contributed by atoms with Crippen molar-refractivity contribution < 1.29 is 14.3 Å². The number of nitrogens with zero attached hydrogens (tertiary/aromatic N) is 3. The first kappa shape index (κ1) is 22.0. The summed E-state index contributed by atoms with van der Waals surface area (Å²) in [5.41, 5.74) is 2.71. The summed E-state index contributed by atoms with van der Waals surface area (Å²) in [5, 5.41) is 5.44. The predicted octanol–water partition coefficient (Wildman–Crippen LogP) is 5.45. The number of aryl methyl sites for hydroxylation is 1. The Balaban J connectivity index is 1.52. The Morgan fingerprint density at radius 1 is 1.15 bits per heavy atom. The average molecular weight is 466 g/mol. The Hall–Kier alpha value is -2.83. The normalized spacial score (nSPS) is 17.8. The second-order valence-corrected chi connectivity index (χ2v) is 9.24. The van der Waals surface area contributed by atoms with Gasteiger partial charge in [-0.1, -0.05) is 41.9 Å². The van der Waals surface area contributed by atoms with Crippen LogP contribution in [0.3, 0.4) is 0 Å². The molecule has 2 aromatic carbocycles. The summed E-state index contributed by atoms with van der Waals surface area (Å²) in [7, 11) is 1.87. The highest BCUT2D eigenvalue weighted by molar-refractivity contribution is 6.30. The van der Waals surface area contributed by atoms with Crippen molar-refractivity contribution in [3.63, 3.8) is 0 Å². The molecule has 3 aromatic rings. The van der Waals surface area contributed by atoms with E-state index in [2.05, 4.69) is 0 Å². The van der Waals surface area contributed by atoms with Crippen LogP contribution in [0.1, 0.15) is 31.2 Å². The number of amides is 1. The van der Waals surface area contributed by atoms with Gasteiger partial charge in [0.2, 0.25) is 11.8 Å². The molecule has 5 rings (SSSR count). The summed E-state index contributed by atoms with van der Waals surface area (Å²) < 4.78 is 13.9. The molecule has 6 nitrogen and oxygen atoms in total. The molecule has 7 heteroatoms. The first-order valence-electron chi connectivity index (χ1n) is 11.5. The van der Waals surface area contributed by atoms with Crippen LogP contribution >= 0.6 is 11.6 Å². The van der Waals surface area contributed by atoms with Crippen molar-refractivity contribution in [2.45, 2.75) is 38.3 Å². The maximum Gasteiger partial charge on any atom is 0.226 e. The van der Waals surface area contributed by atoms with E-state index < -0.39 is 0 Å². The number of benzene rings is 2. The van der Waals surface area contributed by atoms with Crippen LogP contribution in [0.4, 0.5) is 0 Å². The van der Waals surface area contributed by atoms with E-state index in [1.165, 1.54) is 0 Å². The van der Waals surface area contributed by atoms with Gasteiger partial charge < -0.3 is 14.4 Å². The lowest BCUT2D eigenvalue weighted by Gasteiger charge is -2.26. The first-order valence-corrected chi connectivity index (χ1v) is 11.9. The number of halogens is 1. The molecule has 0 radical (unpaired) electrons. The Kier molecular flexibility index (Phi) is 6.38. The number of hydrogen-bond acceptors (Lipinski definition) is 4. The molecule has 0 spiro atoms. The molecule has 1 aliphatic carbocycles. The molecule has 2 fully saturated rings. The van der Waals surface area contributed by atoms with E-state index in [-0.39, 0.29) is 17.9 Å². The fraction of sp³-hybridized carbons (Fsp3) is 0.385. The molecule has 1 aromatic heterocycles.